The van der Waals surface area contributed by atoms with Crippen LogP contribution < -0.4 is 9.73 Å². The Balaban J connectivity index is 1.87. The summed E-state index contributed by atoms with van der Waals surface area (Å²) in [5, 5.41) is 3.80. The minimum Gasteiger partial charge on any atom is -0.271 e. The summed E-state index contributed by atoms with van der Waals surface area (Å²) < 4.78 is 66.5. The molecule has 0 aliphatic rings. The third-order valence-corrected chi connectivity index (χ3v) is 7.00. The predicted octanol–water partition coefficient (Wildman–Crippen LogP) is 5.36. The van der Waals surface area contributed by atoms with Gasteiger partial charge in [-0.2, -0.15) is 18.3 Å². The zero-order valence-electron chi connectivity index (χ0n) is 17.1. The summed E-state index contributed by atoms with van der Waals surface area (Å²) in [6.45, 7) is -0.729. The predicted molar refractivity (Wildman–Crippen MR) is 125 cm³/mol. The average Bonchev–Trinajstić information content (AvgIpc) is 2.79. The smallest absolute Gasteiger partial charge is 0.271 e. The molecule has 0 aliphatic carbocycles. The van der Waals surface area contributed by atoms with Crippen molar-refractivity contribution in [2.24, 2.45) is 5.10 Å². The molecule has 0 saturated heterocycles. The van der Waals surface area contributed by atoms with Gasteiger partial charge >= 0.3 is 6.18 Å². The standard InChI is InChI=1S/C22H16Cl2F3N3O3S/c23-19-11-10-16(12-20(19)24)30(34(32,33)17-7-2-1-3-8-17)14-21(31)29-28-13-15-6-4-5-9-18(15)22(25,26)27/h1-13H,14H2,(H,29,31)/b28-13-. The van der Waals surface area contributed by atoms with Gasteiger partial charge in [-0.05, 0) is 36.4 Å². The van der Waals surface area contributed by atoms with Crippen LogP contribution in [-0.4, -0.2) is 27.1 Å². The molecule has 0 heterocycles. The second kappa shape index (κ2) is 10.5. The van der Waals surface area contributed by atoms with Gasteiger partial charge in [0.2, 0.25) is 0 Å². The first-order valence-corrected chi connectivity index (χ1v) is 11.7. The molecule has 0 atom stereocenters. The number of sulfonamides is 1. The third kappa shape index (κ3) is 6.07. The SMILES string of the molecule is O=C(CN(c1ccc(Cl)c(Cl)c1)S(=O)(=O)c1ccccc1)N/N=C\c1ccccc1C(F)(F)F. The van der Waals surface area contributed by atoms with Crippen LogP contribution in [0.5, 0.6) is 0 Å². The number of hydrogen-bond donors (Lipinski definition) is 1. The largest absolute Gasteiger partial charge is 0.417 e. The number of alkyl halides is 3. The van der Waals surface area contributed by atoms with Crippen molar-refractivity contribution in [3.05, 3.63) is 94.0 Å². The van der Waals surface area contributed by atoms with E-state index in [2.05, 4.69) is 10.5 Å². The van der Waals surface area contributed by atoms with E-state index in [-0.39, 0.29) is 26.2 Å². The van der Waals surface area contributed by atoms with Gasteiger partial charge in [0.25, 0.3) is 15.9 Å². The topological polar surface area (TPSA) is 78.8 Å². The Bertz CT molecular complexity index is 1320. The molecule has 1 N–H and O–H groups in total. The van der Waals surface area contributed by atoms with Gasteiger partial charge in [-0.15, -0.1) is 0 Å². The summed E-state index contributed by atoms with van der Waals surface area (Å²) in [6, 6.07) is 16.0. The first-order valence-electron chi connectivity index (χ1n) is 9.51. The molecule has 0 aliphatic heterocycles. The number of hydrogen-bond acceptors (Lipinski definition) is 4. The Morgan fingerprint density at radius 1 is 0.971 bits per heavy atom. The van der Waals surface area contributed by atoms with Crippen LogP contribution in [-0.2, 0) is 21.0 Å². The maximum atomic E-state index is 13.2. The lowest BCUT2D eigenvalue weighted by Gasteiger charge is -2.24. The number of amides is 1. The molecular formula is C22H16Cl2F3N3O3S. The lowest BCUT2D eigenvalue weighted by molar-refractivity contribution is -0.137. The maximum absolute atomic E-state index is 13.2. The van der Waals surface area contributed by atoms with E-state index < -0.39 is 34.2 Å². The van der Waals surface area contributed by atoms with Gasteiger partial charge in [-0.3, -0.25) is 9.10 Å². The molecule has 3 aromatic rings. The summed E-state index contributed by atoms with van der Waals surface area (Å²) in [5.74, 6) is -0.897. The van der Waals surface area contributed by atoms with Gasteiger partial charge in [0.15, 0.2) is 0 Å². The summed E-state index contributed by atoms with van der Waals surface area (Å²) in [6.07, 6.45) is -3.78. The van der Waals surface area contributed by atoms with Crippen LogP contribution in [0.2, 0.25) is 10.0 Å². The van der Waals surface area contributed by atoms with Crippen LogP contribution in [0.4, 0.5) is 18.9 Å². The van der Waals surface area contributed by atoms with Crippen molar-refractivity contribution in [1.82, 2.24) is 5.43 Å². The summed E-state index contributed by atoms with van der Waals surface area (Å²) in [5.41, 5.74) is 0.910. The number of nitrogens with zero attached hydrogens (tertiary/aromatic N) is 2. The Morgan fingerprint density at radius 2 is 1.62 bits per heavy atom. The molecule has 0 bridgehead atoms. The maximum Gasteiger partial charge on any atom is 0.417 e. The van der Waals surface area contributed by atoms with E-state index in [1.54, 1.807) is 6.07 Å². The zero-order valence-corrected chi connectivity index (χ0v) is 19.5. The molecule has 0 unspecified atom stereocenters. The molecule has 1 amide bonds. The van der Waals surface area contributed by atoms with E-state index in [4.69, 9.17) is 23.2 Å². The quantitative estimate of drug-likeness (QED) is 0.330. The van der Waals surface area contributed by atoms with E-state index >= 15 is 0 Å². The zero-order chi connectivity index (χ0) is 24.9. The van der Waals surface area contributed by atoms with Crippen LogP contribution in [0, 0.1) is 0 Å². The highest BCUT2D eigenvalue weighted by Crippen LogP contribution is 2.32. The van der Waals surface area contributed by atoms with Gasteiger partial charge < -0.3 is 0 Å². The van der Waals surface area contributed by atoms with Crippen LogP contribution in [0.3, 0.4) is 0 Å². The normalized spacial score (nSPS) is 12.0. The molecule has 0 radical (unpaired) electrons. The lowest BCUT2D eigenvalue weighted by atomic mass is 10.1. The lowest BCUT2D eigenvalue weighted by Crippen LogP contribution is -2.39. The number of halogens is 5. The van der Waals surface area contributed by atoms with Crippen molar-refractivity contribution in [2.75, 3.05) is 10.8 Å². The Labute approximate surface area is 203 Å². The number of hydrazone groups is 1. The van der Waals surface area contributed by atoms with E-state index in [1.165, 1.54) is 60.7 Å². The molecular weight excluding hydrogens is 514 g/mol. The van der Waals surface area contributed by atoms with Crippen molar-refractivity contribution < 1.29 is 26.4 Å². The van der Waals surface area contributed by atoms with Crippen molar-refractivity contribution >= 4 is 51.0 Å². The highest BCUT2D eigenvalue weighted by molar-refractivity contribution is 7.92. The van der Waals surface area contributed by atoms with Gasteiger partial charge in [0.05, 0.1) is 32.4 Å². The van der Waals surface area contributed by atoms with Crippen molar-refractivity contribution in [1.29, 1.82) is 0 Å². The average molecular weight is 530 g/mol. The monoisotopic (exact) mass is 529 g/mol. The molecule has 0 fully saturated rings. The molecule has 0 saturated carbocycles. The molecule has 3 rings (SSSR count). The number of nitrogens with one attached hydrogen (secondary N) is 1. The van der Waals surface area contributed by atoms with E-state index in [9.17, 15) is 26.4 Å². The first-order chi connectivity index (χ1) is 16.0. The van der Waals surface area contributed by atoms with Crippen LogP contribution in [0.15, 0.2) is 82.8 Å². The van der Waals surface area contributed by atoms with Crippen molar-refractivity contribution in [3.8, 4) is 0 Å². The number of carbonyl (C=O) groups is 1. The second-order valence-electron chi connectivity index (χ2n) is 6.80. The van der Waals surface area contributed by atoms with Gasteiger partial charge in [-0.1, -0.05) is 59.6 Å². The molecule has 0 spiro atoms. The molecule has 3 aromatic carbocycles. The fourth-order valence-corrected chi connectivity index (χ4v) is 4.61. The minimum atomic E-state index is -4.61. The number of anilines is 1. The van der Waals surface area contributed by atoms with Gasteiger partial charge in [-0.25, -0.2) is 13.8 Å². The van der Waals surface area contributed by atoms with E-state index in [0.29, 0.717) is 0 Å². The van der Waals surface area contributed by atoms with Crippen molar-refractivity contribution in [2.45, 2.75) is 11.1 Å². The van der Waals surface area contributed by atoms with E-state index in [1.807, 2.05) is 0 Å². The molecule has 0 aromatic heterocycles. The first kappa shape index (κ1) is 25.5. The van der Waals surface area contributed by atoms with Crippen molar-refractivity contribution in [3.63, 3.8) is 0 Å². The fraction of sp³-hybridized carbons (Fsp3) is 0.0909. The summed E-state index contributed by atoms with van der Waals surface area (Å²) in [4.78, 5) is 12.4. The molecule has 6 nitrogen and oxygen atoms in total. The third-order valence-electron chi connectivity index (χ3n) is 4.47. The van der Waals surface area contributed by atoms with Crippen LogP contribution >= 0.6 is 23.2 Å². The van der Waals surface area contributed by atoms with Gasteiger partial charge in [0, 0.05) is 5.56 Å². The highest BCUT2D eigenvalue weighted by atomic mass is 35.5. The molecule has 34 heavy (non-hydrogen) atoms. The summed E-state index contributed by atoms with van der Waals surface area (Å²) in [7, 11) is -4.21. The van der Waals surface area contributed by atoms with E-state index in [0.717, 1.165) is 16.6 Å². The van der Waals surface area contributed by atoms with Crippen LogP contribution in [0.25, 0.3) is 0 Å². The molecule has 178 valence electrons. The second-order valence-corrected chi connectivity index (χ2v) is 9.48. The van der Waals surface area contributed by atoms with Gasteiger partial charge in [0.1, 0.15) is 6.54 Å². The number of rotatable bonds is 7. The Morgan fingerprint density at radius 3 is 2.26 bits per heavy atom. The Kier molecular flexibility index (Phi) is 7.86. The highest BCUT2D eigenvalue weighted by Gasteiger charge is 2.32. The summed E-state index contributed by atoms with van der Waals surface area (Å²) >= 11 is 11.9. The molecule has 12 heteroatoms. The number of carbonyl (C=O) groups excluding carboxylic acids is 1. The number of benzene rings is 3. The van der Waals surface area contributed by atoms with Crippen LogP contribution in [0.1, 0.15) is 11.1 Å². The fourth-order valence-electron chi connectivity index (χ4n) is 2.88. The Hall–Kier alpha value is -3.08. The minimum absolute atomic E-state index is 0.0554.